The highest BCUT2D eigenvalue weighted by molar-refractivity contribution is 8.13. The molecule has 0 unspecified atom stereocenters. The Balaban J connectivity index is 1.69. The van der Waals surface area contributed by atoms with Gasteiger partial charge in [0.2, 0.25) is 0 Å². The third-order valence-electron chi connectivity index (χ3n) is 5.01. The zero-order chi connectivity index (χ0) is 20.6. The molecule has 1 saturated heterocycles. The fraction of sp³-hybridized carbons (Fsp3) is 0.350. The van der Waals surface area contributed by atoms with Crippen LogP contribution in [0.1, 0.15) is 5.56 Å². The van der Waals surface area contributed by atoms with Crippen molar-refractivity contribution in [3.8, 4) is 11.5 Å². The molecule has 4 rings (SSSR count). The molecule has 1 fully saturated rings. The number of hydrogen-bond donors (Lipinski definition) is 0. The number of hydrogen-bond acceptors (Lipinski definition) is 7. The molecule has 2 atom stereocenters. The van der Waals surface area contributed by atoms with Crippen LogP contribution in [0.15, 0.2) is 47.5 Å². The van der Waals surface area contributed by atoms with Gasteiger partial charge in [-0.1, -0.05) is 23.9 Å². The standard InChI is InChI=1S/C20H21FN2O4S2/c1-26-15-6-7-19(27-2)17(9-15)23-18-12-29(24,25)11-16(18)22-20(23)28-10-13-4-3-5-14(21)8-13/h3-9,16,18H,10-12H2,1-2H3/t16-,18+/m0/s1. The summed E-state index contributed by atoms with van der Waals surface area (Å²) in [5.74, 6) is 1.54. The van der Waals surface area contributed by atoms with Crippen molar-refractivity contribution in [3.05, 3.63) is 53.8 Å². The number of ether oxygens (including phenoxy) is 2. The number of thioether (sulfide) groups is 1. The van der Waals surface area contributed by atoms with E-state index in [4.69, 9.17) is 14.5 Å². The molecular formula is C20H21FN2O4S2. The molecule has 9 heteroatoms. The van der Waals surface area contributed by atoms with E-state index in [-0.39, 0.29) is 29.4 Å². The lowest BCUT2D eigenvalue weighted by Gasteiger charge is -2.28. The van der Waals surface area contributed by atoms with E-state index in [1.54, 1.807) is 32.4 Å². The number of sulfone groups is 1. The second kappa shape index (κ2) is 7.87. The Morgan fingerprint density at radius 3 is 2.72 bits per heavy atom. The van der Waals surface area contributed by atoms with Gasteiger partial charge in [-0.05, 0) is 29.8 Å². The van der Waals surface area contributed by atoms with Crippen LogP contribution >= 0.6 is 11.8 Å². The van der Waals surface area contributed by atoms with Gasteiger partial charge in [0.25, 0.3) is 0 Å². The van der Waals surface area contributed by atoms with Gasteiger partial charge in [0, 0.05) is 11.8 Å². The predicted molar refractivity (Wildman–Crippen MR) is 113 cm³/mol. The molecule has 2 aliphatic heterocycles. The largest absolute Gasteiger partial charge is 0.497 e. The molecule has 2 aromatic carbocycles. The molecule has 2 aromatic rings. The van der Waals surface area contributed by atoms with Gasteiger partial charge in [-0.3, -0.25) is 4.99 Å². The van der Waals surface area contributed by atoms with Crippen molar-refractivity contribution in [2.24, 2.45) is 4.99 Å². The fourth-order valence-corrected chi connectivity index (χ4v) is 6.58. The van der Waals surface area contributed by atoms with Crippen LogP contribution in [0.3, 0.4) is 0 Å². The number of anilines is 1. The molecule has 154 valence electrons. The van der Waals surface area contributed by atoms with Crippen molar-refractivity contribution in [1.82, 2.24) is 0 Å². The van der Waals surface area contributed by atoms with Crippen LogP contribution in [0.5, 0.6) is 11.5 Å². The summed E-state index contributed by atoms with van der Waals surface area (Å²) in [6.45, 7) is 0. The summed E-state index contributed by atoms with van der Waals surface area (Å²) in [7, 11) is -0.0116. The molecule has 0 N–H and O–H groups in total. The zero-order valence-corrected chi connectivity index (χ0v) is 17.7. The normalized spacial score (nSPS) is 22.3. The van der Waals surface area contributed by atoms with Crippen LogP contribution in [0.2, 0.25) is 0 Å². The highest BCUT2D eigenvalue weighted by Crippen LogP contribution is 2.41. The molecule has 2 aliphatic rings. The molecule has 0 aromatic heterocycles. The Bertz CT molecular complexity index is 1060. The first-order valence-electron chi connectivity index (χ1n) is 9.07. The molecule has 6 nitrogen and oxygen atoms in total. The van der Waals surface area contributed by atoms with Gasteiger partial charge in [-0.15, -0.1) is 0 Å². The van der Waals surface area contributed by atoms with Crippen LogP contribution < -0.4 is 14.4 Å². The van der Waals surface area contributed by atoms with Gasteiger partial charge in [-0.25, -0.2) is 12.8 Å². The average Bonchev–Trinajstić information content (AvgIpc) is 3.16. The van der Waals surface area contributed by atoms with E-state index in [1.807, 2.05) is 17.0 Å². The maximum Gasteiger partial charge on any atom is 0.164 e. The Morgan fingerprint density at radius 2 is 2.00 bits per heavy atom. The van der Waals surface area contributed by atoms with Crippen LogP contribution in [-0.2, 0) is 15.6 Å². The van der Waals surface area contributed by atoms with Gasteiger partial charge in [0.1, 0.15) is 17.3 Å². The van der Waals surface area contributed by atoms with Crippen LogP contribution in [0.25, 0.3) is 0 Å². The number of methoxy groups -OCH3 is 2. The van der Waals surface area contributed by atoms with E-state index in [1.165, 1.54) is 23.9 Å². The molecular weight excluding hydrogens is 415 g/mol. The molecule has 0 bridgehead atoms. The van der Waals surface area contributed by atoms with E-state index >= 15 is 0 Å². The molecule has 0 radical (unpaired) electrons. The van der Waals surface area contributed by atoms with Gasteiger partial charge in [0.05, 0.1) is 43.5 Å². The molecule has 0 saturated carbocycles. The minimum absolute atomic E-state index is 0.0322. The number of aliphatic imine (C=N–C) groups is 1. The minimum Gasteiger partial charge on any atom is -0.497 e. The molecule has 0 spiro atoms. The smallest absolute Gasteiger partial charge is 0.164 e. The number of fused-ring (bicyclic) bond motifs is 1. The second-order valence-corrected chi connectivity index (χ2v) is 10.0. The summed E-state index contributed by atoms with van der Waals surface area (Å²) in [6.07, 6.45) is 0. The maximum absolute atomic E-state index is 13.5. The lowest BCUT2D eigenvalue weighted by atomic mass is 10.1. The summed E-state index contributed by atoms with van der Waals surface area (Å²) < 4.78 is 48.8. The molecule has 0 aliphatic carbocycles. The average molecular weight is 437 g/mol. The lowest BCUT2D eigenvalue weighted by Crippen LogP contribution is -2.39. The van der Waals surface area contributed by atoms with Gasteiger partial charge >= 0.3 is 0 Å². The fourth-order valence-electron chi connectivity index (χ4n) is 3.67. The van der Waals surface area contributed by atoms with E-state index in [0.29, 0.717) is 28.1 Å². The lowest BCUT2D eigenvalue weighted by molar-refractivity contribution is 0.403. The third kappa shape index (κ3) is 4.06. The highest BCUT2D eigenvalue weighted by Gasteiger charge is 2.47. The van der Waals surface area contributed by atoms with Crippen LogP contribution in [0.4, 0.5) is 10.1 Å². The van der Waals surface area contributed by atoms with Crippen molar-refractivity contribution in [2.75, 3.05) is 30.6 Å². The number of benzene rings is 2. The number of rotatable bonds is 5. The molecule has 0 amide bonds. The summed E-state index contributed by atoms with van der Waals surface area (Å²) >= 11 is 1.46. The van der Waals surface area contributed by atoms with Crippen molar-refractivity contribution in [3.63, 3.8) is 0 Å². The van der Waals surface area contributed by atoms with Gasteiger partial charge < -0.3 is 14.4 Å². The van der Waals surface area contributed by atoms with E-state index in [2.05, 4.69) is 0 Å². The summed E-state index contributed by atoms with van der Waals surface area (Å²) in [6, 6.07) is 11.2. The third-order valence-corrected chi connectivity index (χ3v) is 7.75. The number of amidine groups is 1. The SMILES string of the molecule is COc1ccc(OC)c(N2C(SCc3cccc(F)c3)=N[C@H]3CS(=O)(=O)C[C@H]32)c1. The summed E-state index contributed by atoms with van der Waals surface area (Å²) in [5, 5.41) is 0.700. The summed E-state index contributed by atoms with van der Waals surface area (Å²) in [4.78, 5) is 6.64. The molecule has 2 heterocycles. The predicted octanol–water partition coefficient (Wildman–Crippen LogP) is 3.12. The minimum atomic E-state index is -3.16. The number of nitrogens with zero attached hydrogens (tertiary/aromatic N) is 2. The van der Waals surface area contributed by atoms with Crippen LogP contribution in [-0.4, -0.2) is 51.4 Å². The first-order chi connectivity index (χ1) is 13.9. The monoisotopic (exact) mass is 436 g/mol. The van der Waals surface area contributed by atoms with Crippen molar-refractivity contribution in [2.45, 2.75) is 17.8 Å². The quantitative estimate of drug-likeness (QED) is 0.718. The second-order valence-electron chi connectivity index (χ2n) is 6.95. The van der Waals surface area contributed by atoms with Gasteiger partial charge in [0.15, 0.2) is 15.0 Å². The Morgan fingerprint density at radius 1 is 1.17 bits per heavy atom. The van der Waals surface area contributed by atoms with Crippen molar-refractivity contribution < 1.29 is 22.3 Å². The Labute approximate surface area is 173 Å². The van der Waals surface area contributed by atoms with E-state index in [9.17, 15) is 12.8 Å². The number of halogens is 1. The Hall–Kier alpha value is -2.26. The zero-order valence-electron chi connectivity index (χ0n) is 16.0. The van der Waals surface area contributed by atoms with E-state index < -0.39 is 9.84 Å². The highest BCUT2D eigenvalue weighted by atomic mass is 32.2. The van der Waals surface area contributed by atoms with Crippen molar-refractivity contribution in [1.29, 1.82) is 0 Å². The van der Waals surface area contributed by atoms with Gasteiger partial charge in [-0.2, -0.15) is 0 Å². The van der Waals surface area contributed by atoms with Crippen LogP contribution in [0, 0.1) is 5.82 Å². The Kier molecular flexibility index (Phi) is 5.44. The van der Waals surface area contributed by atoms with E-state index in [0.717, 1.165) is 5.56 Å². The molecule has 29 heavy (non-hydrogen) atoms. The summed E-state index contributed by atoms with van der Waals surface area (Å²) in [5.41, 5.74) is 1.54. The maximum atomic E-state index is 13.5. The first kappa shape index (κ1) is 20.0. The topological polar surface area (TPSA) is 68.2 Å². The first-order valence-corrected chi connectivity index (χ1v) is 11.9. The van der Waals surface area contributed by atoms with Crippen molar-refractivity contribution >= 4 is 32.5 Å².